The van der Waals surface area contributed by atoms with E-state index in [4.69, 9.17) is 0 Å². The second-order valence-electron chi connectivity index (χ2n) is 7.92. The monoisotopic (exact) mass is 558 g/mol. The van der Waals surface area contributed by atoms with Gasteiger partial charge in [-0.3, -0.25) is 14.5 Å². The van der Waals surface area contributed by atoms with Gasteiger partial charge >= 0.3 is 0 Å². The average molecular weight is 558 g/mol. The molecular weight excluding hydrogens is 527 g/mol. The third kappa shape index (κ3) is 6.80. The SMILES string of the molecule is CN=C(NCc1ccc(N2CCCCC2=O)cc1)NCc1ccccc1Cn1cccn1.I. The van der Waals surface area contributed by atoms with Crippen molar-refractivity contribution in [1.29, 1.82) is 0 Å². The largest absolute Gasteiger partial charge is 0.352 e. The van der Waals surface area contributed by atoms with Crippen LogP contribution in [0.2, 0.25) is 0 Å². The van der Waals surface area contributed by atoms with Gasteiger partial charge in [-0.25, -0.2) is 0 Å². The van der Waals surface area contributed by atoms with Crippen molar-refractivity contribution in [1.82, 2.24) is 20.4 Å². The topological polar surface area (TPSA) is 74.6 Å². The molecule has 2 aromatic carbocycles. The van der Waals surface area contributed by atoms with Crippen molar-refractivity contribution in [2.75, 3.05) is 18.5 Å². The number of aliphatic imine (C=N–C) groups is 1. The van der Waals surface area contributed by atoms with Gasteiger partial charge in [0, 0.05) is 51.2 Å². The number of amides is 1. The molecule has 0 atom stereocenters. The molecule has 0 unspecified atom stereocenters. The number of guanidine groups is 1. The van der Waals surface area contributed by atoms with Crippen molar-refractivity contribution >= 4 is 41.5 Å². The summed E-state index contributed by atoms with van der Waals surface area (Å²) in [7, 11) is 1.77. The van der Waals surface area contributed by atoms with Gasteiger partial charge in [0.15, 0.2) is 5.96 Å². The van der Waals surface area contributed by atoms with Gasteiger partial charge < -0.3 is 15.5 Å². The van der Waals surface area contributed by atoms with Crippen LogP contribution in [0.15, 0.2) is 72.0 Å². The van der Waals surface area contributed by atoms with E-state index in [0.29, 0.717) is 19.5 Å². The van der Waals surface area contributed by atoms with E-state index in [2.05, 4.69) is 57.1 Å². The highest BCUT2D eigenvalue weighted by atomic mass is 127. The summed E-state index contributed by atoms with van der Waals surface area (Å²) in [6.45, 7) is 2.88. The van der Waals surface area contributed by atoms with Crippen LogP contribution in [0.3, 0.4) is 0 Å². The molecule has 1 aliphatic rings. The summed E-state index contributed by atoms with van der Waals surface area (Å²) in [5.41, 5.74) is 4.55. The van der Waals surface area contributed by atoms with Crippen LogP contribution in [-0.2, 0) is 24.4 Å². The zero-order valence-corrected chi connectivity index (χ0v) is 21.2. The van der Waals surface area contributed by atoms with Crippen LogP contribution in [0.4, 0.5) is 5.69 Å². The smallest absolute Gasteiger partial charge is 0.226 e. The van der Waals surface area contributed by atoms with Crippen LogP contribution in [0.5, 0.6) is 0 Å². The van der Waals surface area contributed by atoms with Crippen LogP contribution < -0.4 is 15.5 Å². The van der Waals surface area contributed by atoms with Crippen molar-refractivity contribution < 1.29 is 4.79 Å². The molecule has 1 aromatic heterocycles. The molecule has 0 saturated carbocycles. The van der Waals surface area contributed by atoms with Crippen LogP contribution in [0, 0.1) is 0 Å². The molecule has 8 heteroatoms. The summed E-state index contributed by atoms with van der Waals surface area (Å²) in [6, 6.07) is 18.5. The average Bonchev–Trinajstić information content (AvgIpc) is 3.34. The van der Waals surface area contributed by atoms with Crippen LogP contribution in [0.1, 0.15) is 36.0 Å². The maximum atomic E-state index is 12.1. The molecule has 0 aliphatic carbocycles. The fraction of sp³-hybridized carbons (Fsp3) is 0.320. The van der Waals surface area contributed by atoms with Crippen molar-refractivity contribution in [3.05, 3.63) is 83.7 Å². The maximum absolute atomic E-state index is 12.1. The van der Waals surface area contributed by atoms with Crippen LogP contribution in [-0.4, -0.2) is 35.2 Å². The second-order valence-corrected chi connectivity index (χ2v) is 7.92. The zero-order valence-electron chi connectivity index (χ0n) is 18.9. The highest BCUT2D eigenvalue weighted by Gasteiger charge is 2.19. The number of hydrogen-bond donors (Lipinski definition) is 2. The Kier molecular flexibility index (Phi) is 9.29. The minimum absolute atomic E-state index is 0. The molecule has 3 aromatic rings. The van der Waals surface area contributed by atoms with Gasteiger partial charge in [-0.15, -0.1) is 24.0 Å². The first kappa shape index (κ1) is 24.8. The molecule has 33 heavy (non-hydrogen) atoms. The number of rotatable bonds is 7. The third-order valence-electron chi connectivity index (χ3n) is 5.71. The molecular formula is C25H31IN6O. The fourth-order valence-electron chi connectivity index (χ4n) is 3.91. The summed E-state index contributed by atoms with van der Waals surface area (Å²) in [4.78, 5) is 18.4. The molecule has 4 rings (SSSR count). The lowest BCUT2D eigenvalue weighted by molar-refractivity contribution is -0.119. The van der Waals surface area contributed by atoms with Gasteiger partial charge in [-0.2, -0.15) is 5.10 Å². The quantitative estimate of drug-likeness (QED) is 0.262. The lowest BCUT2D eigenvalue weighted by atomic mass is 10.1. The van der Waals surface area contributed by atoms with Gasteiger partial charge in [-0.05, 0) is 47.7 Å². The molecule has 1 fully saturated rings. The Labute approximate surface area is 212 Å². The second kappa shape index (κ2) is 12.4. The van der Waals surface area contributed by atoms with E-state index in [1.807, 2.05) is 34.0 Å². The first-order valence-electron chi connectivity index (χ1n) is 11.1. The summed E-state index contributed by atoms with van der Waals surface area (Å²) in [5, 5.41) is 11.1. The number of carbonyl (C=O) groups is 1. The van der Waals surface area contributed by atoms with Crippen molar-refractivity contribution in [3.63, 3.8) is 0 Å². The molecule has 1 saturated heterocycles. The minimum atomic E-state index is 0. The lowest BCUT2D eigenvalue weighted by Crippen LogP contribution is -2.36. The molecule has 0 bridgehead atoms. The zero-order chi connectivity index (χ0) is 22.2. The Morgan fingerprint density at radius 2 is 1.76 bits per heavy atom. The maximum Gasteiger partial charge on any atom is 0.226 e. The molecule has 2 N–H and O–H groups in total. The van der Waals surface area contributed by atoms with Crippen LogP contribution in [0.25, 0.3) is 0 Å². The van der Waals surface area contributed by atoms with E-state index in [1.165, 1.54) is 11.1 Å². The first-order chi connectivity index (χ1) is 15.7. The predicted octanol–water partition coefficient (Wildman–Crippen LogP) is 3.93. The normalized spacial score (nSPS) is 14.0. The van der Waals surface area contributed by atoms with E-state index in [-0.39, 0.29) is 29.9 Å². The summed E-state index contributed by atoms with van der Waals surface area (Å²) in [6.07, 6.45) is 6.48. The van der Waals surface area contributed by atoms with Crippen molar-refractivity contribution in [2.45, 2.75) is 38.9 Å². The Morgan fingerprint density at radius 1 is 1.00 bits per heavy atom. The molecule has 1 aliphatic heterocycles. The van der Waals surface area contributed by atoms with E-state index in [1.54, 1.807) is 13.2 Å². The van der Waals surface area contributed by atoms with Crippen molar-refractivity contribution in [2.24, 2.45) is 4.99 Å². The molecule has 0 radical (unpaired) electrons. The number of carbonyl (C=O) groups excluding carboxylic acids is 1. The Balaban J connectivity index is 0.00000306. The molecule has 174 valence electrons. The first-order valence-corrected chi connectivity index (χ1v) is 11.1. The van der Waals surface area contributed by atoms with Crippen LogP contribution >= 0.6 is 24.0 Å². The van der Waals surface area contributed by atoms with Gasteiger partial charge in [0.2, 0.25) is 5.91 Å². The van der Waals surface area contributed by atoms with E-state index in [0.717, 1.165) is 43.1 Å². The molecule has 7 nitrogen and oxygen atoms in total. The highest BCUT2D eigenvalue weighted by Crippen LogP contribution is 2.21. The van der Waals surface area contributed by atoms with Gasteiger partial charge in [-0.1, -0.05) is 36.4 Å². The van der Waals surface area contributed by atoms with Gasteiger partial charge in [0.1, 0.15) is 0 Å². The molecule has 0 spiro atoms. The van der Waals surface area contributed by atoms with Gasteiger partial charge in [0.05, 0.1) is 6.54 Å². The number of halogens is 1. The Hall–Kier alpha value is -2.88. The highest BCUT2D eigenvalue weighted by molar-refractivity contribution is 14.0. The van der Waals surface area contributed by atoms with E-state index < -0.39 is 0 Å². The predicted molar refractivity (Wildman–Crippen MR) is 143 cm³/mol. The minimum Gasteiger partial charge on any atom is -0.352 e. The number of hydrogen-bond acceptors (Lipinski definition) is 3. The molecule has 1 amide bonds. The summed E-state index contributed by atoms with van der Waals surface area (Å²) < 4.78 is 1.92. The lowest BCUT2D eigenvalue weighted by Gasteiger charge is -2.26. The van der Waals surface area contributed by atoms with E-state index in [9.17, 15) is 4.79 Å². The third-order valence-corrected chi connectivity index (χ3v) is 5.71. The number of piperidine rings is 1. The number of nitrogens with one attached hydrogen (secondary N) is 2. The van der Waals surface area contributed by atoms with Crippen molar-refractivity contribution in [3.8, 4) is 0 Å². The van der Waals surface area contributed by atoms with E-state index >= 15 is 0 Å². The Morgan fingerprint density at radius 3 is 2.45 bits per heavy atom. The number of benzene rings is 2. The fourth-order valence-corrected chi connectivity index (χ4v) is 3.91. The Bertz CT molecular complexity index is 1050. The summed E-state index contributed by atoms with van der Waals surface area (Å²) >= 11 is 0. The number of nitrogens with zero attached hydrogens (tertiary/aromatic N) is 4. The summed E-state index contributed by atoms with van der Waals surface area (Å²) in [5.74, 6) is 0.966. The molecule has 2 heterocycles. The number of anilines is 1. The standard InChI is InChI=1S/C25H30N6O.HI/c1-26-25(28-18-21-7-2-3-8-22(21)19-30-15-6-14-29-30)27-17-20-10-12-23(13-11-20)31-16-5-4-9-24(31)32;/h2-3,6-8,10-15H,4-5,9,16-19H2,1H3,(H2,26,27,28);1H. The van der Waals surface area contributed by atoms with Gasteiger partial charge in [0.25, 0.3) is 0 Å². The number of aromatic nitrogens is 2.